The monoisotopic (exact) mass is 420 g/mol. The molecule has 0 bridgehead atoms. The summed E-state index contributed by atoms with van der Waals surface area (Å²) < 4.78 is 16.3. The molecule has 0 radical (unpaired) electrons. The second kappa shape index (κ2) is 10.5. The highest BCUT2D eigenvalue weighted by atomic mass is 35.5. The van der Waals surface area contributed by atoms with Crippen LogP contribution in [-0.2, 0) is 4.79 Å². The number of hydrazone groups is 1. The molecule has 0 heterocycles. The third kappa shape index (κ3) is 5.81. The molecular weight excluding hydrogens is 403 g/mol. The maximum atomic E-state index is 12.2. The van der Waals surface area contributed by atoms with Gasteiger partial charge in [-0.25, -0.2) is 5.43 Å². The molecule has 28 heavy (non-hydrogen) atoms. The van der Waals surface area contributed by atoms with Crippen molar-refractivity contribution < 1.29 is 19.0 Å². The molecule has 2 aromatic rings. The van der Waals surface area contributed by atoms with Crippen LogP contribution in [0.25, 0.3) is 0 Å². The molecule has 6 nitrogen and oxygen atoms in total. The number of carbonyl (C=O) groups excluding carboxylic acids is 1. The van der Waals surface area contributed by atoms with Gasteiger partial charge in [-0.2, -0.15) is 5.10 Å². The standard InChI is InChI=1S/C20H18Cl2N2O4/c1-4-10-27-19-14(6-5-7-18(19)26-3)12-23-24-20(25)13(2)28-17-9-8-15(21)11-16(17)22/h1,5-9,11-13H,10H2,2-3H3,(H,24,25)/t13-/m1/s1. The second-order valence-electron chi connectivity index (χ2n) is 5.44. The van der Waals surface area contributed by atoms with Gasteiger partial charge in [-0.05, 0) is 37.3 Å². The SMILES string of the molecule is C#CCOc1c(C=NNC(=O)[C@@H](C)Oc2ccc(Cl)cc2Cl)cccc1OC. The van der Waals surface area contributed by atoms with Crippen molar-refractivity contribution >= 4 is 35.3 Å². The normalized spacial score (nSPS) is 11.5. The summed E-state index contributed by atoms with van der Waals surface area (Å²) in [6.07, 6.45) is 5.83. The van der Waals surface area contributed by atoms with Crippen LogP contribution >= 0.6 is 23.2 Å². The Balaban J connectivity index is 2.03. The highest BCUT2D eigenvalue weighted by Gasteiger charge is 2.16. The molecule has 0 unspecified atom stereocenters. The Hall–Kier alpha value is -2.88. The van der Waals surface area contributed by atoms with Gasteiger partial charge in [0, 0.05) is 10.6 Å². The van der Waals surface area contributed by atoms with Gasteiger partial charge in [0.1, 0.15) is 12.4 Å². The minimum atomic E-state index is -0.835. The lowest BCUT2D eigenvalue weighted by Crippen LogP contribution is -2.33. The zero-order valence-corrected chi connectivity index (χ0v) is 16.8. The van der Waals surface area contributed by atoms with Gasteiger partial charge in [0.05, 0.1) is 18.3 Å². The molecule has 0 fully saturated rings. The Labute approximate surface area is 173 Å². The molecule has 1 amide bonds. The summed E-state index contributed by atoms with van der Waals surface area (Å²) in [5.74, 6) is 3.20. The van der Waals surface area contributed by atoms with E-state index < -0.39 is 12.0 Å². The van der Waals surface area contributed by atoms with E-state index in [1.807, 2.05) is 0 Å². The fourth-order valence-electron chi connectivity index (χ4n) is 2.13. The number of halogens is 2. The Kier molecular flexibility index (Phi) is 8.00. The molecule has 1 atom stereocenters. The highest BCUT2D eigenvalue weighted by molar-refractivity contribution is 6.35. The lowest BCUT2D eigenvalue weighted by molar-refractivity contribution is -0.127. The number of nitrogens with one attached hydrogen (secondary N) is 1. The Morgan fingerprint density at radius 3 is 2.79 bits per heavy atom. The van der Waals surface area contributed by atoms with Crippen LogP contribution in [0.3, 0.4) is 0 Å². The van der Waals surface area contributed by atoms with Gasteiger partial charge in [0.25, 0.3) is 5.91 Å². The molecule has 0 aliphatic heterocycles. The van der Waals surface area contributed by atoms with Crippen molar-refractivity contribution in [2.45, 2.75) is 13.0 Å². The van der Waals surface area contributed by atoms with E-state index in [4.69, 9.17) is 43.8 Å². The molecule has 0 spiro atoms. The summed E-state index contributed by atoms with van der Waals surface area (Å²) in [5, 5.41) is 4.72. The molecule has 2 rings (SSSR count). The lowest BCUT2D eigenvalue weighted by atomic mass is 10.2. The summed E-state index contributed by atoms with van der Waals surface area (Å²) in [7, 11) is 1.52. The van der Waals surface area contributed by atoms with Crippen LogP contribution in [-0.4, -0.2) is 31.9 Å². The molecule has 8 heteroatoms. The molecule has 0 aromatic heterocycles. The zero-order valence-electron chi connectivity index (χ0n) is 15.2. The van der Waals surface area contributed by atoms with Crippen LogP contribution in [0.2, 0.25) is 10.0 Å². The van der Waals surface area contributed by atoms with E-state index in [2.05, 4.69) is 16.4 Å². The number of hydrogen-bond donors (Lipinski definition) is 1. The van der Waals surface area contributed by atoms with Gasteiger partial charge in [0.15, 0.2) is 17.6 Å². The number of ether oxygens (including phenoxy) is 3. The number of rotatable bonds is 8. The number of nitrogens with zero attached hydrogens (tertiary/aromatic N) is 1. The first kappa shape index (κ1) is 21.4. The molecule has 2 aromatic carbocycles. The second-order valence-corrected chi connectivity index (χ2v) is 6.28. The summed E-state index contributed by atoms with van der Waals surface area (Å²) in [4.78, 5) is 12.2. The van der Waals surface area contributed by atoms with Crippen molar-refractivity contribution in [1.29, 1.82) is 0 Å². The predicted octanol–water partition coefficient (Wildman–Crippen LogP) is 3.93. The molecule has 0 saturated heterocycles. The topological polar surface area (TPSA) is 69.2 Å². The van der Waals surface area contributed by atoms with Crippen LogP contribution in [0.5, 0.6) is 17.2 Å². The van der Waals surface area contributed by atoms with Gasteiger partial charge in [-0.15, -0.1) is 6.42 Å². The molecule has 1 N–H and O–H groups in total. The van der Waals surface area contributed by atoms with E-state index >= 15 is 0 Å². The number of carbonyl (C=O) groups is 1. The van der Waals surface area contributed by atoms with Gasteiger partial charge < -0.3 is 14.2 Å². The number of methoxy groups -OCH3 is 1. The molecule has 0 aliphatic carbocycles. The van der Waals surface area contributed by atoms with Crippen molar-refractivity contribution in [1.82, 2.24) is 5.43 Å². The zero-order chi connectivity index (χ0) is 20.5. The van der Waals surface area contributed by atoms with E-state index in [0.29, 0.717) is 32.9 Å². The number of terminal acetylenes is 1. The number of hydrogen-bond acceptors (Lipinski definition) is 5. The Morgan fingerprint density at radius 1 is 1.32 bits per heavy atom. The fourth-order valence-corrected chi connectivity index (χ4v) is 2.59. The smallest absolute Gasteiger partial charge is 0.280 e. The largest absolute Gasteiger partial charge is 0.493 e. The van der Waals surface area contributed by atoms with Crippen LogP contribution in [0.15, 0.2) is 41.5 Å². The van der Waals surface area contributed by atoms with E-state index in [-0.39, 0.29) is 6.61 Å². The number of benzene rings is 2. The number of amides is 1. The fraction of sp³-hybridized carbons (Fsp3) is 0.200. The molecule has 0 aliphatic rings. The minimum Gasteiger partial charge on any atom is -0.493 e. The molecular formula is C20H18Cl2N2O4. The van der Waals surface area contributed by atoms with Crippen molar-refractivity contribution in [3.05, 3.63) is 52.0 Å². The van der Waals surface area contributed by atoms with Gasteiger partial charge in [-0.3, -0.25) is 4.79 Å². The molecule has 146 valence electrons. The van der Waals surface area contributed by atoms with E-state index in [1.54, 1.807) is 37.3 Å². The van der Waals surface area contributed by atoms with Gasteiger partial charge in [0.2, 0.25) is 0 Å². The van der Waals surface area contributed by atoms with Crippen LogP contribution in [0, 0.1) is 12.3 Å². The van der Waals surface area contributed by atoms with Gasteiger partial charge >= 0.3 is 0 Å². The maximum absolute atomic E-state index is 12.2. The molecule has 0 saturated carbocycles. The summed E-state index contributed by atoms with van der Waals surface area (Å²) in [6, 6.07) is 9.97. The first-order chi connectivity index (χ1) is 13.5. The van der Waals surface area contributed by atoms with E-state index in [0.717, 1.165) is 0 Å². The third-order valence-corrected chi connectivity index (χ3v) is 4.00. The summed E-state index contributed by atoms with van der Waals surface area (Å²) in [6.45, 7) is 1.64. The summed E-state index contributed by atoms with van der Waals surface area (Å²) >= 11 is 11.9. The van der Waals surface area contributed by atoms with Crippen molar-refractivity contribution in [2.75, 3.05) is 13.7 Å². The van der Waals surface area contributed by atoms with Crippen LogP contribution in [0.1, 0.15) is 12.5 Å². The first-order valence-corrected chi connectivity index (χ1v) is 8.89. The third-order valence-electron chi connectivity index (χ3n) is 3.47. The van der Waals surface area contributed by atoms with Crippen molar-refractivity contribution in [3.8, 4) is 29.6 Å². The quantitative estimate of drug-likeness (QED) is 0.399. The summed E-state index contributed by atoms with van der Waals surface area (Å²) in [5.41, 5.74) is 2.99. The van der Waals surface area contributed by atoms with Gasteiger partial charge in [-0.1, -0.05) is 35.2 Å². The van der Waals surface area contributed by atoms with Crippen LogP contribution in [0.4, 0.5) is 0 Å². The predicted molar refractivity (Wildman–Crippen MR) is 110 cm³/mol. The average Bonchev–Trinajstić information content (AvgIpc) is 2.68. The van der Waals surface area contributed by atoms with E-state index in [1.165, 1.54) is 19.4 Å². The van der Waals surface area contributed by atoms with Crippen LogP contribution < -0.4 is 19.6 Å². The highest BCUT2D eigenvalue weighted by Crippen LogP contribution is 2.30. The van der Waals surface area contributed by atoms with E-state index in [9.17, 15) is 4.79 Å². The minimum absolute atomic E-state index is 0.0697. The Morgan fingerprint density at radius 2 is 2.11 bits per heavy atom. The first-order valence-electron chi connectivity index (χ1n) is 8.14. The maximum Gasteiger partial charge on any atom is 0.280 e. The lowest BCUT2D eigenvalue weighted by Gasteiger charge is -2.14. The van der Waals surface area contributed by atoms with Crippen molar-refractivity contribution in [3.63, 3.8) is 0 Å². The van der Waals surface area contributed by atoms with Crippen molar-refractivity contribution in [2.24, 2.45) is 5.10 Å². The Bertz CT molecular complexity index is 910. The number of para-hydroxylation sites is 1. The average molecular weight is 421 g/mol.